The molecule has 1 aliphatic carbocycles. The van der Waals surface area contributed by atoms with Crippen LogP contribution in [-0.4, -0.2) is 63.6 Å². The summed E-state index contributed by atoms with van der Waals surface area (Å²) >= 11 is 0. The van der Waals surface area contributed by atoms with E-state index in [0.29, 0.717) is 12.5 Å². The van der Waals surface area contributed by atoms with E-state index < -0.39 is 10.0 Å². The van der Waals surface area contributed by atoms with Crippen molar-refractivity contribution >= 4 is 10.0 Å². The number of fused-ring (bicyclic) bond motifs is 5. The highest BCUT2D eigenvalue weighted by Gasteiger charge is 2.36. The highest BCUT2D eigenvalue weighted by molar-refractivity contribution is 7.88. The van der Waals surface area contributed by atoms with Crippen LogP contribution < -0.4 is 9.46 Å². The molecule has 4 aliphatic rings. The summed E-state index contributed by atoms with van der Waals surface area (Å²) in [5.74, 6) is 1.55. The number of ether oxygens (including phenoxy) is 2. The molecule has 1 aromatic rings. The largest absolute Gasteiger partial charge is 0.489 e. The zero-order valence-corrected chi connectivity index (χ0v) is 19.1. The quantitative estimate of drug-likeness (QED) is 0.788. The van der Waals surface area contributed by atoms with Crippen molar-refractivity contribution in [2.75, 3.05) is 26.0 Å². The third kappa shape index (κ3) is 5.36. The Labute approximate surface area is 181 Å². The minimum atomic E-state index is -3.26. The molecular weight excluding hydrogens is 400 g/mol. The lowest BCUT2D eigenvalue weighted by Gasteiger charge is -2.43. The Hall–Kier alpha value is -1.15. The number of para-hydroxylation sites is 1. The van der Waals surface area contributed by atoms with Crippen LogP contribution >= 0.6 is 0 Å². The molecule has 1 saturated carbocycles. The maximum atomic E-state index is 12.0. The minimum absolute atomic E-state index is 0.0415. The Bertz CT molecular complexity index is 807. The molecule has 0 aromatic heterocycles. The molecule has 2 fully saturated rings. The lowest BCUT2D eigenvalue weighted by molar-refractivity contribution is -0.0335. The van der Waals surface area contributed by atoms with Crippen molar-refractivity contribution in [2.45, 2.75) is 82.1 Å². The topological polar surface area (TPSA) is 67.9 Å². The molecule has 5 rings (SSSR count). The Kier molecular flexibility index (Phi) is 7.02. The van der Waals surface area contributed by atoms with Gasteiger partial charge in [-0.15, -0.1) is 0 Å². The van der Waals surface area contributed by atoms with Gasteiger partial charge in [0.05, 0.1) is 19.0 Å². The molecule has 0 spiro atoms. The summed E-state index contributed by atoms with van der Waals surface area (Å²) < 4.78 is 39.8. The van der Waals surface area contributed by atoms with E-state index in [1.807, 2.05) is 0 Å². The van der Waals surface area contributed by atoms with Crippen molar-refractivity contribution in [1.82, 2.24) is 9.62 Å². The number of hydrogen-bond acceptors (Lipinski definition) is 5. The van der Waals surface area contributed by atoms with Gasteiger partial charge >= 0.3 is 0 Å². The van der Waals surface area contributed by atoms with Gasteiger partial charge in [0.2, 0.25) is 10.0 Å². The maximum absolute atomic E-state index is 12.0. The molecule has 1 aromatic carbocycles. The first-order valence-electron chi connectivity index (χ1n) is 11.5. The number of hydrogen-bond donors (Lipinski definition) is 1. The molecule has 3 atom stereocenters. The molecule has 1 saturated heterocycles. The van der Waals surface area contributed by atoms with Crippen molar-refractivity contribution in [2.24, 2.45) is 0 Å². The standard InChI is InChI=1S/C23H36N2O4S/c1-3-18-15-25-14-6-8-21(24-30(2,26)27)22(25)16-28-19-12-10-17(11-13-19)20-7-4-5-9-23(20)29-18/h4-5,7,9,17-19,21-22,24H,3,6,8,10-16H2,1-2H3/t17?,18-,19?,21-,22-/m0/s1. The minimum Gasteiger partial charge on any atom is -0.489 e. The van der Waals surface area contributed by atoms with Gasteiger partial charge in [-0.25, -0.2) is 13.1 Å². The third-order valence-corrected chi connectivity index (χ3v) is 7.71. The number of nitrogens with one attached hydrogen (secondary N) is 1. The lowest BCUT2D eigenvalue weighted by atomic mass is 9.82. The Balaban J connectivity index is 1.62. The van der Waals surface area contributed by atoms with Crippen molar-refractivity contribution in [3.05, 3.63) is 29.8 Å². The fourth-order valence-corrected chi connectivity index (χ4v) is 6.20. The summed E-state index contributed by atoms with van der Waals surface area (Å²) in [5, 5.41) is 0. The molecule has 3 heterocycles. The Morgan fingerprint density at radius 2 is 1.90 bits per heavy atom. The van der Waals surface area contributed by atoms with Gasteiger partial charge in [-0.2, -0.15) is 0 Å². The molecule has 6 nitrogen and oxygen atoms in total. The monoisotopic (exact) mass is 436 g/mol. The van der Waals surface area contributed by atoms with Gasteiger partial charge in [-0.3, -0.25) is 4.90 Å². The second-order valence-corrected chi connectivity index (χ2v) is 11.0. The Morgan fingerprint density at radius 3 is 2.63 bits per heavy atom. The zero-order chi connectivity index (χ0) is 21.1. The van der Waals surface area contributed by atoms with Crippen molar-refractivity contribution < 1.29 is 17.9 Å². The molecule has 168 valence electrons. The van der Waals surface area contributed by atoms with Crippen LogP contribution in [0, 0.1) is 0 Å². The van der Waals surface area contributed by atoms with E-state index in [4.69, 9.17) is 9.47 Å². The van der Waals surface area contributed by atoms with Crippen LogP contribution in [-0.2, 0) is 14.8 Å². The average molecular weight is 437 g/mol. The summed E-state index contributed by atoms with van der Waals surface area (Å²) in [6.45, 7) is 4.48. The van der Waals surface area contributed by atoms with Gasteiger partial charge in [0, 0.05) is 18.6 Å². The van der Waals surface area contributed by atoms with Crippen LogP contribution in [0.3, 0.4) is 0 Å². The molecular formula is C23H36N2O4S. The average Bonchev–Trinajstić information content (AvgIpc) is 2.74. The highest BCUT2D eigenvalue weighted by Crippen LogP contribution is 2.39. The van der Waals surface area contributed by atoms with Gasteiger partial charge in [0.15, 0.2) is 0 Å². The lowest BCUT2D eigenvalue weighted by Crippen LogP contribution is -2.59. The second-order valence-electron chi connectivity index (χ2n) is 9.19. The van der Waals surface area contributed by atoms with Gasteiger partial charge in [-0.1, -0.05) is 25.1 Å². The summed E-state index contributed by atoms with van der Waals surface area (Å²) in [5.41, 5.74) is 1.33. The van der Waals surface area contributed by atoms with E-state index in [-0.39, 0.29) is 24.3 Å². The summed E-state index contributed by atoms with van der Waals surface area (Å²) in [6, 6.07) is 8.45. The van der Waals surface area contributed by atoms with Crippen molar-refractivity contribution in [3.8, 4) is 5.75 Å². The second kappa shape index (κ2) is 9.55. The summed E-state index contributed by atoms with van der Waals surface area (Å²) in [4.78, 5) is 2.40. The fraction of sp³-hybridized carbons (Fsp3) is 0.739. The van der Waals surface area contributed by atoms with E-state index >= 15 is 0 Å². The highest BCUT2D eigenvalue weighted by atomic mass is 32.2. The summed E-state index contributed by atoms with van der Waals surface area (Å²) in [7, 11) is -3.26. The number of piperidine rings is 1. The van der Waals surface area contributed by atoms with Gasteiger partial charge in [-0.05, 0) is 69.0 Å². The van der Waals surface area contributed by atoms with Crippen LogP contribution in [0.2, 0.25) is 0 Å². The number of rotatable bonds is 3. The zero-order valence-electron chi connectivity index (χ0n) is 18.3. The molecule has 2 bridgehead atoms. The number of sulfonamides is 1. The normalized spacial score (nSPS) is 33.3. The van der Waals surface area contributed by atoms with E-state index in [0.717, 1.165) is 63.8 Å². The van der Waals surface area contributed by atoms with Gasteiger partial charge in [0.25, 0.3) is 0 Å². The van der Waals surface area contributed by atoms with Gasteiger partial charge in [0.1, 0.15) is 11.9 Å². The third-order valence-electron chi connectivity index (χ3n) is 6.98. The van der Waals surface area contributed by atoms with E-state index in [1.165, 1.54) is 11.8 Å². The van der Waals surface area contributed by atoms with Crippen molar-refractivity contribution in [3.63, 3.8) is 0 Å². The first-order chi connectivity index (χ1) is 14.4. The molecule has 0 amide bonds. The molecule has 0 radical (unpaired) electrons. The fourth-order valence-electron chi connectivity index (χ4n) is 5.38. The van der Waals surface area contributed by atoms with Crippen LogP contribution in [0.25, 0.3) is 0 Å². The maximum Gasteiger partial charge on any atom is 0.209 e. The molecule has 7 heteroatoms. The van der Waals surface area contributed by atoms with Gasteiger partial charge < -0.3 is 9.47 Å². The Morgan fingerprint density at radius 1 is 1.13 bits per heavy atom. The summed E-state index contributed by atoms with van der Waals surface area (Å²) in [6.07, 6.45) is 8.65. The SMILES string of the molecule is CC[C@H]1CN2CCC[C@H](NS(C)(=O)=O)[C@@H]2COC2CCC(CC2)c2ccccc2O1. The molecule has 3 aliphatic heterocycles. The van der Waals surface area contributed by atoms with Crippen LogP contribution in [0.5, 0.6) is 5.75 Å². The molecule has 0 unspecified atom stereocenters. The van der Waals surface area contributed by atoms with Crippen LogP contribution in [0.4, 0.5) is 0 Å². The van der Waals surface area contributed by atoms with E-state index in [2.05, 4.69) is 40.8 Å². The smallest absolute Gasteiger partial charge is 0.209 e. The van der Waals surface area contributed by atoms with E-state index in [1.54, 1.807) is 0 Å². The van der Waals surface area contributed by atoms with Crippen LogP contribution in [0.15, 0.2) is 24.3 Å². The first kappa shape index (κ1) is 22.1. The predicted octanol–water partition coefficient (Wildman–Crippen LogP) is 3.28. The number of nitrogens with zero attached hydrogens (tertiary/aromatic N) is 1. The van der Waals surface area contributed by atoms with Crippen molar-refractivity contribution in [1.29, 1.82) is 0 Å². The molecule has 30 heavy (non-hydrogen) atoms. The molecule has 1 N–H and O–H groups in total. The van der Waals surface area contributed by atoms with Crippen LogP contribution in [0.1, 0.15) is 63.4 Å². The first-order valence-corrected chi connectivity index (χ1v) is 13.4. The predicted molar refractivity (Wildman–Crippen MR) is 118 cm³/mol. The number of benzene rings is 1. The van der Waals surface area contributed by atoms with E-state index in [9.17, 15) is 8.42 Å².